The van der Waals surface area contributed by atoms with Gasteiger partial charge in [-0.2, -0.15) is 0 Å². The van der Waals surface area contributed by atoms with Crippen molar-refractivity contribution < 1.29 is 0 Å². The van der Waals surface area contributed by atoms with Crippen molar-refractivity contribution in [1.82, 2.24) is 9.47 Å². The van der Waals surface area contributed by atoms with Crippen molar-refractivity contribution in [1.29, 1.82) is 0 Å². The summed E-state index contributed by atoms with van der Waals surface area (Å²) in [5.74, 6) is 0. The Morgan fingerprint density at radius 3 is 2.10 bits per heavy atom. The van der Waals surface area contributed by atoms with Crippen molar-refractivity contribution in [3.8, 4) is 5.69 Å². The van der Waals surface area contributed by atoms with E-state index in [9.17, 15) is 0 Å². The summed E-state index contributed by atoms with van der Waals surface area (Å²) in [5, 5.41) is 0. The van der Waals surface area contributed by atoms with E-state index in [4.69, 9.17) is 0 Å². The minimum atomic E-state index is 1.03. The smallest absolute Gasteiger partial charge is 0.0907 e. The molecule has 0 fully saturated rings. The fourth-order valence-electron chi connectivity index (χ4n) is 2.39. The Hall–Kier alpha value is -2.03. The predicted molar refractivity (Wildman–Crippen MR) is 86.6 cm³/mol. The van der Waals surface area contributed by atoms with Gasteiger partial charge in [0.1, 0.15) is 0 Å². The first-order valence-corrected chi connectivity index (χ1v) is 6.87. The maximum atomic E-state index is 4.53. The lowest BCUT2D eigenvalue weighted by Gasteiger charge is -2.15. The molecule has 3 heteroatoms. The maximum Gasteiger partial charge on any atom is 0.0907 e. The largest absolute Gasteiger partial charge is 0.369 e. The van der Waals surface area contributed by atoms with Crippen LogP contribution in [0.2, 0.25) is 0 Å². The third kappa shape index (κ3) is 2.77. The molecule has 0 aliphatic heterocycles. The summed E-state index contributed by atoms with van der Waals surface area (Å²) < 4.78 is 2.29. The first-order valence-electron chi connectivity index (χ1n) is 6.87. The molecule has 0 atom stereocenters. The standard InChI is InChI=1S/C17H23N3/c1-12-10-17(20-14(3)7-8-15(20)4)13(2)9-16(12)18-11-19(5)6/h7-11H,1-6H3/b18-11+. The molecule has 20 heavy (non-hydrogen) atoms. The lowest BCUT2D eigenvalue weighted by Crippen LogP contribution is -2.07. The summed E-state index contributed by atoms with van der Waals surface area (Å²) in [6, 6.07) is 8.69. The lowest BCUT2D eigenvalue weighted by atomic mass is 10.1. The van der Waals surface area contributed by atoms with E-state index in [-0.39, 0.29) is 0 Å². The number of hydrogen-bond acceptors (Lipinski definition) is 1. The van der Waals surface area contributed by atoms with Crippen LogP contribution in [0, 0.1) is 27.7 Å². The van der Waals surface area contributed by atoms with Gasteiger partial charge in [0.2, 0.25) is 0 Å². The van der Waals surface area contributed by atoms with Crippen molar-refractivity contribution in [2.75, 3.05) is 14.1 Å². The molecule has 1 aromatic carbocycles. The van der Waals surface area contributed by atoms with E-state index in [1.165, 1.54) is 28.2 Å². The van der Waals surface area contributed by atoms with Crippen LogP contribution in [0.5, 0.6) is 0 Å². The van der Waals surface area contributed by atoms with Crippen molar-refractivity contribution in [3.63, 3.8) is 0 Å². The van der Waals surface area contributed by atoms with Crippen LogP contribution >= 0.6 is 0 Å². The van der Waals surface area contributed by atoms with Crippen LogP contribution in [-0.4, -0.2) is 29.9 Å². The predicted octanol–water partition coefficient (Wildman–Crippen LogP) is 3.93. The highest BCUT2D eigenvalue weighted by Crippen LogP contribution is 2.27. The quantitative estimate of drug-likeness (QED) is 0.610. The molecule has 0 unspecified atom stereocenters. The van der Waals surface area contributed by atoms with Crippen LogP contribution < -0.4 is 0 Å². The van der Waals surface area contributed by atoms with Gasteiger partial charge < -0.3 is 9.47 Å². The van der Waals surface area contributed by atoms with Crippen LogP contribution in [-0.2, 0) is 0 Å². The fraction of sp³-hybridized carbons (Fsp3) is 0.353. The molecule has 0 radical (unpaired) electrons. The normalized spacial score (nSPS) is 11.3. The van der Waals surface area contributed by atoms with Gasteiger partial charge in [-0.3, -0.25) is 0 Å². The highest BCUT2D eigenvalue weighted by molar-refractivity contribution is 5.65. The molecule has 0 aliphatic carbocycles. The Balaban J connectivity index is 2.51. The van der Waals surface area contributed by atoms with Crippen LogP contribution in [0.25, 0.3) is 5.69 Å². The van der Waals surface area contributed by atoms with E-state index < -0.39 is 0 Å². The van der Waals surface area contributed by atoms with Gasteiger partial charge in [0, 0.05) is 31.2 Å². The van der Waals surface area contributed by atoms with E-state index in [1.54, 1.807) is 0 Å². The average molecular weight is 269 g/mol. The first kappa shape index (κ1) is 14.4. The molecular formula is C17H23N3. The molecule has 2 aromatic rings. The van der Waals surface area contributed by atoms with Gasteiger partial charge >= 0.3 is 0 Å². The van der Waals surface area contributed by atoms with Gasteiger partial charge in [-0.05, 0) is 63.1 Å². The molecule has 2 rings (SSSR count). The average Bonchev–Trinajstić information content (AvgIpc) is 2.70. The molecule has 0 saturated carbocycles. The number of aliphatic imine (C=N–C) groups is 1. The van der Waals surface area contributed by atoms with Crippen molar-refractivity contribution >= 4 is 12.0 Å². The van der Waals surface area contributed by atoms with Crippen LogP contribution in [0.1, 0.15) is 22.5 Å². The maximum absolute atomic E-state index is 4.53. The van der Waals surface area contributed by atoms with Gasteiger partial charge in [-0.15, -0.1) is 0 Å². The number of aromatic nitrogens is 1. The van der Waals surface area contributed by atoms with E-state index in [1.807, 2.05) is 25.3 Å². The van der Waals surface area contributed by atoms with Gasteiger partial charge in [-0.1, -0.05) is 0 Å². The van der Waals surface area contributed by atoms with Gasteiger partial charge in [0.25, 0.3) is 0 Å². The topological polar surface area (TPSA) is 20.5 Å². The zero-order chi connectivity index (χ0) is 14.9. The Labute approximate surface area is 121 Å². The molecule has 106 valence electrons. The minimum Gasteiger partial charge on any atom is -0.369 e. The monoisotopic (exact) mass is 269 g/mol. The summed E-state index contributed by atoms with van der Waals surface area (Å²) in [5.41, 5.74) is 7.22. The summed E-state index contributed by atoms with van der Waals surface area (Å²) >= 11 is 0. The zero-order valence-electron chi connectivity index (χ0n) is 13.2. The van der Waals surface area contributed by atoms with E-state index in [0.717, 1.165) is 5.69 Å². The summed E-state index contributed by atoms with van der Waals surface area (Å²) in [4.78, 5) is 6.47. The fourth-order valence-corrected chi connectivity index (χ4v) is 2.39. The third-order valence-electron chi connectivity index (χ3n) is 3.45. The van der Waals surface area contributed by atoms with Crippen LogP contribution in [0.4, 0.5) is 5.69 Å². The summed E-state index contributed by atoms with van der Waals surface area (Å²) in [7, 11) is 3.96. The third-order valence-corrected chi connectivity index (χ3v) is 3.45. The van der Waals surface area contributed by atoms with Crippen molar-refractivity contribution in [3.05, 3.63) is 46.8 Å². The highest BCUT2D eigenvalue weighted by atomic mass is 15.1. The molecule has 0 amide bonds. The SMILES string of the molecule is Cc1cc(-n2c(C)ccc2C)c(C)cc1/N=C/N(C)C. The highest BCUT2D eigenvalue weighted by Gasteiger charge is 2.09. The Morgan fingerprint density at radius 2 is 1.55 bits per heavy atom. The zero-order valence-corrected chi connectivity index (χ0v) is 13.2. The molecule has 0 spiro atoms. The molecule has 1 aromatic heterocycles. The molecular weight excluding hydrogens is 246 g/mol. The second kappa shape index (κ2) is 5.53. The number of benzene rings is 1. The van der Waals surface area contributed by atoms with Crippen LogP contribution in [0.3, 0.4) is 0 Å². The lowest BCUT2D eigenvalue weighted by molar-refractivity contribution is 0.643. The van der Waals surface area contributed by atoms with Gasteiger partial charge in [0.15, 0.2) is 0 Å². The van der Waals surface area contributed by atoms with E-state index >= 15 is 0 Å². The second-order valence-electron chi connectivity index (χ2n) is 5.58. The van der Waals surface area contributed by atoms with E-state index in [2.05, 4.69) is 61.5 Å². The van der Waals surface area contributed by atoms with Crippen molar-refractivity contribution in [2.24, 2.45) is 4.99 Å². The Morgan fingerprint density at radius 1 is 0.950 bits per heavy atom. The van der Waals surface area contributed by atoms with Crippen LogP contribution in [0.15, 0.2) is 29.3 Å². The molecule has 0 N–H and O–H groups in total. The number of rotatable bonds is 3. The Kier molecular flexibility index (Phi) is 3.98. The summed E-state index contributed by atoms with van der Waals surface area (Å²) in [6.45, 7) is 8.53. The molecule has 0 saturated heterocycles. The molecule has 0 bridgehead atoms. The molecule has 3 nitrogen and oxygen atoms in total. The van der Waals surface area contributed by atoms with Crippen molar-refractivity contribution in [2.45, 2.75) is 27.7 Å². The minimum absolute atomic E-state index is 1.03. The second-order valence-corrected chi connectivity index (χ2v) is 5.58. The van der Waals surface area contributed by atoms with E-state index in [0.29, 0.717) is 0 Å². The number of hydrogen-bond donors (Lipinski definition) is 0. The molecule has 1 heterocycles. The number of aryl methyl sites for hydroxylation is 4. The first-order chi connectivity index (χ1) is 9.40. The number of nitrogens with zero attached hydrogens (tertiary/aromatic N) is 3. The van der Waals surface area contributed by atoms with Gasteiger partial charge in [0.05, 0.1) is 12.0 Å². The van der Waals surface area contributed by atoms with Gasteiger partial charge in [-0.25, -0.2) is 4.99 Å². The Bertz CT molecular complexity index is 629. The molecule has 0 aliphatic rings. The summed E-state index contributed by atoms with van der Waals surface area (Å²) in [6.07, 6.45) is 1.84.